The smallest absolute Gasteiger partial charge is 0.191 e. The molecule has 0 spiro atoms. The highest BCUT2D eigenvalue weighted by atomic mass is 28.4. The zero-order valence-electron chi connectivity index (χ0n) is 17.2. The van der Waals surface area contributed by atoms with E-state index < -0.39 is 8.32 Å². The quantitative estimate of drug-likeness (QED) is 0.407. The van der Waals surface area contributed by atoms with Crippen LogP contribution in [0.25, 0.3) is 0 Å². The van der Waals surface area contributed by atoms with Gasteiger partial charge in [-0.1, -0.05) is 58.0 Å². The molecule has 26 heavy (non-hydrogen) atoms. The fourth-order valence-electron chi connectivity index (χ4n) is 3.15. The first-order valence-corrected chi connectivity index (χ1v) is 12.6. The second-order valence-corrected chi connectivity index (χ2v) is 13.9. The van der Waals surface area contributed by atoms with Crippen LogP contribution in [0.4, 0.5) is 0 Å². The fourth-order valence-corrected chi connectivity index (χ4v) is 4.21. The Morgan fingerprint density at radius 2 is 1.81 bits per heavy atom. The lowest BCUT2D eigenvalue weighted by atomic mass is 10.0. The van der Waals surface area contributed by atoms with Gasteiger partial charge >= 0.3 is 0 Å². The van der Waals surface area contributed by atoms with E-state index in [0.29, 0.717) is 13.2 Å². The van der Waals surface area contributed by atoms with Gasteiger partial charge in [-0.15, -0.1) is 0 Å². The molecule has 0 bridgehead atoms. The van der Waals surface area contributed by atoms with Crippen molar-refractivity contribution in [3.63, 3.8) is 0 Å². The average Bonchev–Trinajstić information content (AvgIpc) is 2.84. The second kappa shape index (κ2) is 8.98. The molecule has 1 aliphatic rings. The summed E-state index contributed by atoms with van der Waals surface area (Å²) in [6, 6.07) is 10.1. The molecule has 2 unspecified atom stereocenters. The van der Waals surface area contributed by atoms with E-state index in [0.717, 1.165) is 12.0 Å². The minimum atomic E-state index is -1.80. The van der Waals surface area contributed by atoms with Crippen molar-refractivity contribution in [2.75, 3.05) is 13.4 Å². The molecule has 1 aromatic carbocycles. The van der Waals surface area contributed by atoms with Gasteiger partial charge in [0.15, 0.2) is 8.32 Å². The Morgan fingerprint density at radius 3 is 2.42 bits per heavy atom. The van der Waals surface area contributed by atoms with Crippen LogP contribution in [0.15, 0.2) is 30.3 Å². The number of hydrogen-bond acceptors (Lipinski definition) is 4. The van der Waals surface area contributed by atoms with E-state index in [1.807, 2.05) is 30.3 Å². The Labute approximate surface area is 160 Å². The summed E-state index contributed by atoms with van der Waals surface area (Å²) in [4.78, 5) is 0. The highest BCUT2D eigenvalue weighted by Crippen LogP contribution is 2.39. The monoisotopic (exact) mass is 380 g/mol. The molecule has 1 aromatic rings. The van der Waals surface area contributed by atoms with E-state index in [1.165, 1.54) is 0 Å². The number of ether oxygens (including phenoxy) is 2. The Kier molecular flexibility index (Phi) is 7.45. The molecule has 0 radical (unpaired) electrons. The lowest BCUT2D eigenvalue weighted by Crippen LogP contribution is -2.43. The molecule has 2 rings (SSSR count). The number of aliphatic hydroxyl groups excluding tert-OH is 1. The Morgan fingerprint density at radius 1 is 1.15 bits per heavy atom. The first kappa shape index (κ1) is 21.6. The van der Waals surface area contributed by atoms with Gasteiger partial charge in [-0.25, -0.2) is 0 Å². The number of benzene rings is 1. The van der Waals surface area contributed by atoms with Crippen molar-refractivity contribution in [1.29, 1.82) is 0 Å². The van der Waals surface area contributed by atoms with Gasteiger partial charge in [0.05, 0.1) is 18.8 Å². The standard InChI is InChI=1S/C21H36O4Si/c1-16-19(22)12-18(14-25-26(5,6)21(2,3)4)20(16)24-15-23-13-17-10-8-7-9-11-17/h7-11,16,18-20,22H,12-15H2,1-6H3/t16?,18-,19?,20+/m0/s1. The van der Waals surface area contributed by atoms with Gasteiger partial charge in [-0.05, 0) is 30.1 Å². The second-order valence-electron chi connectivity index (χ2n) is 9.08. The molecule has 4 atom stereocenters. The van der Waals surface area contributed by atoms with Crippen molar-refractivity contribution in [2.24, 2.45) is 11.8 Å². The molecule has 0 amide bonds. The van der Waals surface area contributed by atoms with E-state index >= 15 is 0 Å². The number of rotatable bonds is 8. The van der Waals surface area contributed by atoms with Crippen LogP contribution in [0.2, 0.25) is 18.1 Å². The Bertz CT molecular complexity index is 541. The summed E-state index contributed by atoms with van der Waals surface area (Å²) in [5.74, 6) is 0.317. The molecule has 1 fully saturated rings. The third-order valence-corrected chi connectivity index (χ3v) is 10.6. The third-order valence-electron chi connectivity index (χ3n) is 6.05. The number of aliphatic hydroxyl groups is 1. The summed E-state index contributed by atoms with van der Waals surface area (Å²) in [5, 5.41) is 10.5. The molecule has 0 aliphatic heterocycles. The maximum absolute atomic E-state index is 10.3. The van der Waals surface area contributed by atoms with E-state index in [4.69, 9.17) is 13.9 Å². The van der Waals surface area contributed by atoms with Gasteiger partial charge in [-0.2, -0.15) is 0 Å². The zero-order valence-corrected chi connectivity index (χ0v) is 18.2. The zero-order chi connectivity index (χ0) is 19.4. The van der Waals surface area contributed by atoms with Gasteiger partial charge in [-0.3, -0.25) is 0 Å². The summed E-state index contributed by atoms with van der Waals surface area (Å²) in [7, 11) is -1.80. The van der Waals surface area contributed by atoms with Gasteiger partial charge < -0.3 is 19.0 Å². The van der Waals surface area contributed by atoms with Gasteiger partial charge in [0.25, 0.3) is 0 Å². The number of hydrogen-bond donors (Lipinski definition) is 1. The lowest BCUT2D eigenvalue weighted by molar-refractivity contribution is -0.123. The molecular formula is C21H36O4Si. The highest BCUT2D eigenvalue weighted by molar-refractivity contribution is 6.74. The van der Waals surface area contributed by atoms with E-state index in [1.54, 1.807) is 0 Å². The van der Waals surface area contributed by atoms with Crippen LogP contribution in [-0.4, -0.2) is 39.0 Å². The van der Waals surface area contributed by atoms with Crippen molar-refractivity contribution >= 4 is 8.32 Å². The summed E-state index contributed by atoms with van der Waals surface area (Å²) in [6.07, 6.45) is 0.381. The van der Waals surface area contributed by atoms with Crippen molar-refractivity contribution in [1.82, 2.24) is 0 Å². The molecule has 1 aliphatic carbocycles. The fraction of sp³-hybridized carbons (Fsp3) is 0.714. The normalized spacial score (nSPS) is 27.0. The molecule has 5 heteroatoms. The van der Waals surface area contributed by atoms with Crippen molar-refractivity contribution in [3.8, 4) is 0 Å². The first-order chi connectivity index (χ1) is 12.1. The predicted octanol–water partition coefficient (Wildman–Crippen LogP) is 4.58. The molecule has 1 N–H and O–H groups in total. The van der Waals surface area contributed by atoms with Gasteiger partial charge in [0.2, 0.25) is 0 Å². The van der Waals surface area contributed by atoms with Crippen LogP contribution < -0.4 is 0 Å². The SMILES string of the molecule is CC1C(O)C[C@@H](CO[Si](C)(C)C(C)(C)C)[C@@H]1OCOCc1ccccc1. The first-order valence-electron chi connectivity index (χ1n) is 9.67. The van der Waals surface area contributed by atoms with Crippen LogP contribution in [0.5, 0.6) is 0 Å². The lowest BCUT2D eigenvalue weighted by Gasteiger charge is -2.37. The van der Waals surface area contributed by atoms with Crippen molar-refractivity contribution in [2.45, 2.75) is 71.1 Å². The largest absolute Gasteiger partial charge is 0.416 e. The van der Waals surface area contributed by atoms with Gasteiger partial charge in [0.1, 0.15) is 6.79 Å². The highest BCUT2D eigenvalue weighted by Gasteiger charge is 2.43. The Hall–Kier alpha value is -0.723. The Balaban J connectivity index is 1.84. The van der Waals surface area contributed by atoms with Crippen LogP contribution in [0.3, 0.4) is 0 Å². The maximum Gasteiger partial charge on any atom is 0.191 e. The van der Waals surface area contributed by atoms with Crippen LogP contribution >= 0.6 is 0 Å². The van der Waals surface area contributed by atoms with Gasteiger partial charge in [0, 0.05) is 18.4 Å². The topological polar surface area (TPSA) is 47.9 Å². The molecule has 0 aromatic heterocycles. The van der Waals surface area contributed by atoms with E-state index in [9.17, 15) is 5.11 Å². The maximum atomic E-state index is 10.3. The summed E-state index contributed by atoms with van der Waals surface area (Å²) >= 11 is 0. The molecule has 0 saturated heterocycles. The molecule has 148 valence electrons. The van der Waals surface area contributed by atoms with Crippen molar-refractivity contribution in [3.05, 3.63) is 35.9 Å². The summed E-state index contributed by atoms with van der Waals surface area (Å²) < 4.78 is 18.1. The summed E-state index contributed by atoms with van der Waals surface area (Å²) in [5.41, 5.74) is 1.13. The van der Waals surface area contributed by atoms with Crippen LogP contribution in [0, 0.1) is 11.8 Å². The van der Waals surface area contributed by atoms with Crippen LogP contribution in [-0.2, 0) is 20.5 Å². The molecular weight excluding hydrogens is 344 g/mol. The summed E-state index contributed by atoms with van der Waals surface area (Å²) in [6.45, 7) is 14.8. The van der Waals surface area contributed by atoms with E-state index in [-0.39, 0.29) is 35.9 Å². The average molecular weight is 381 g/mol. The minimum Gasteiger partial charge on any atom is -0.416 e. The minimum absolute atomic E-state index is 0.0226. The van der Waals surface area contributed by atoms with Crippen LogP contribution in [0.1, 0.15) is 39.7 Å². The van der Waals surface area contributed by atoms with E-state index in [2.05, 4.69) is 40.8 Å². The van der Waals surface area contributed by atoms with Crippen molar-refractivity contribution < 1.29 is 19.0 Å². The third kappa shape index (κ3) is 5.63. The molecule has 4 nitrogen and oxygen atoms in total. The molecule has 1 saturated carbocycles. The molecule has 0 heterocycles. The predicted molar refractivity (Wildman–Crippen MR) is 107 cm³/mol.